The van der Waals surface area contributed by atoms with Gasteiger partial charge in [0.15, 0.2) is 0 Å². The Morgan fingerprint density at radius 3 is 2.40 bits per heavy atom. The number of hydrogen-bond acceptors (Lipinski definition) is 3. The average Bonchev–Trinajstić information content (AvgIpc) is 1.85. The van der Waals surface area contributed by atoms with Crippen LogP contribution >= 0.6 is 22.9 Å². The first-order valence-electron chi connectivity index (χ1n) is 3.72. The van der Waals surface area contributed by atoms with Gasteiger partial charge in [-0.15, -0.1) is 0 Å². The number of fused-ring (bicyclic) bond motifs is 2. The number of rotatable bonds is 0. The van der Waals surface area contributed by atoms with E-state index in [-0.39, 0.29) is 0 Å². The molecule has 0 spiro atoms. The third-order valence-corrected chi connectivity index (χ3v) is 2.88. The third-order valence-electron chi connectivity index (χ3n) is 2.09. The second-order valence-electron chi connectivity index (χ2n) is 3.05. The lowest BCUT2D eigenvalue weighted by molar-refractivity contribution is 0.226. The first kappa shape index (κ1) is 7.27. The Labute approximate surface area is 75.0 Å². The topological polar surface area (TPSA) is 27.3 Å². The highest BCUT2D eigenvalue weighted by atomic mass is 127. The van der Waals surface area contributed by atoms with Crippen LogP contribution in [0.4, 0.5) is 0 Å². The molecular formula is C6H12IN3. The average molecular weight is 253 g/mol. The van der Waals surface area contributed by atoms with Gasteiger partial charge in [-0.05, 0) is 0 Å². The number of nitrogens with zero attached hydrogens (tertiary/aromatic N) is 1. The lowest BCUT2D eigenvalue weighted by Crippen LogP contribution is -2.64. The van der Waals surface area contributed by atoms with Gasteiger partial charge in [0.25, 0.3) is 0 Å². The molecule has 2 aliphatic rings. The number of hydrogen-bond donors (Lipinski definition) is 2. The molecule has 4 heteroatoms. The summed E-state index contributed by atoms with van der Waals surface area (Å²) in [4.78, 5) is 0. The van der Waals surface area contributed by atoms with Crippen molar-refractivity contribution in [1.29, 1.82) is 0 Å². The molecule has 0 aromatic heterocycles. The van der Waals surface area contributed by atoms with Crippen molar-refractivity contribution in [3.05, 3.63) is 0 Å². The maximum absolute atomic E-state index is 3.57. The summed E-state index contributed by atoms with van der Waals surface area (Å²) in [5.74, 6) is 0. The van der Waals surface area contributed by atoms with Crippen LogP contribution in [0, 0.1) is 0 Å². The van der Waals surface area contributed by atoms with Gasteiger partial charge in [0, 0.05) is 61.1 Å². The van der Waals surface area contributed by atoms with E-state index in [0.29, 0.717) is 12.1 Å². The zero-order valence-corrected chi connectivity index (χ0v) is 7.97. The largest absolute Gasteiger partial charge is 0.314 e. The fraction of sp³-hybridized carbons (Fsp3) is 1.00. The van der Waals surface area contributed by atoms with Crippen LogP contribution in [0.15, 0.2) is 0 Å². The van der Waals surface area contributed by atoms with Crippen molar-refractivity contribution in [3.63, 3.8) is 0 Å². The molecule has 2 saturated heterocycles. The van der Waals surface area contributed by atoms with Crippen LogP contribution < -0.4 is 10.6 Å². The fourth-order valence-electron chi connectivity index (χ4n) is 1.67. The molecule has 2 rings (SSSR count). The second-order valence-corrected chi connectivity index (χ2v) is 4.41. The third kappa shape index (κ3) is 1.44. The minimum Gasteiger partial charge on any atom is -0.314 e. The Kier molecular flexibility index (Phi) is 2.13. The molecule has 58 valence electrons. The van der Waals surface area contributed by atoms with Gasteiger partial charge in [0.2, 0.25) is 0 Å². The van der Waals surface area contributed by atoms with Gasteiger partial charge < -0.3 is 10.6 Å². The van der Waals surface area contributed by atoms with Gasteiger partial charge in [-0.2, -0.15) is 0 Å². The minimum atomic E-state index is 0.685. The molecule has 2 heterocycles. The van der Waals surface area contributed by atoms with Crippen molar-refractivity contribution in [1.82, 2.24) is 13.7 Å². The van der Waals surface area contributed by atoms with Gasteiger partial charge in [-0.3, -0.25) is 0 Å². The number of nitrogens with one attached hydrogen (secondary N) is 2. The molecule has 10 heavy (non-hydrogen) atoms. The smallest absolute Gasteiger partial charge is 0.0331 e. The normalized spacial score (nSPS) is 41.7. The molecule has 0 amide bonds. The first-order valence-corrected chi connectivity index (χ1v) is 4.68. The minimum absolute atomic E-state index is 0.685. The van der Waals surface area contributed by atoms with Crippen LogP contribution in [0.5, 0.6) is 0 Å². The Balaban J connectivity index is 1.98. The molecule has 0 radical (unpaired) electrons. The Bertz CT molecular complexity index is 114. The molecule has 2 fully saturated rings. The van der Waals surface area contributed by atoms with Crippen LogP contribution in [0.3, 0.4) is 0 Å². The standard InChI is InChI=1S/C6H12IN3/c7-10-3-5-1-8-2-6(4-10)9-5/h5-6,8-9H,1-4H2. The summed E-state index contributed by atoms with van der Waals surface area (Å²) < 4.78 is 2.38. The highest BCUT2D eigenvalue weighted by Crippen LogP contribution is 2.10. The zero-order chi connectivity index (χ0) is 6.97. The summed E-state index contributed by atoms with van der Waals surface area (Å²) in [7, 11) is 0. The van der Waals surface area contributed by atoms with E-state index in [1.807, 2.05) is 0 Å². The summed E-state index contributed by atoms with van der Waals surface area (Å²) >= 11 is 2.41. The molecule has 0 saturated carbocycles. The number of halogens is 1. The first-order chi connectivity index (χ1) is 4.84. The zero-order valence-electron chi connectivity index (χ0n) is 5.81. The van der Waals surface area contributed by atoms with Crippen molar-refractivity contribution >= 4 is 22.9 Å². The second kappa shape index (κ2) is 2.92. The molecule has 2 aliphatic heterocycles. The van der Waals surface area contributed by atoms with Gasteiger partial charge in [-0.25, -0.2) is 3.11 Å². The predicted molar refractivity (Wildman–Crippen MR) is 49.2 cm³/mol. The molecule has 3 nitrogen and oxygen atoms in total. The lowest BCUT2D eigenvalue weighted by atomic mass is 10.1. The quantitative estimate of drug-likeness (QED) is 0.453. The van der Waals surface area contributed by atoms with Gasteiger partial charge in [0.1, 0.15) is 0 Å². The van der Waals surface area contributed by atoms with E-state index >= 15 is 0 Å². The molecule has 0 aromatic rings. The van der Waals surface area contributed by atoms with Gasteiger partial charge >= 0.3 is 0 Å². The van der Waals surface area contributed by atoms with Crippen molar-refractivity contribution in [3.8, 4) is 0 Å². The maximum Gasteiger partial charge on any atom is 0.0331 e. The summed E-state index contributed by atoms with van der Waals surface area (Å²) in [5, 5.41) is 6.99. The van der Waals surface area contributed by atoms with E-state index in [9.17, 15) is 0 Å². The summed E-state index contributed by atoms with van der Waals surface area (Å²) in [6, 6.07) is 1.37. The Morgan fingerprint density at radius 2 is 1.80 bits per heavy atom. The van der Waals surface area contributed by atoms with Gasteiger partial charge in [0.05, 0.1) is 0 Å². The molecule has 0 aromatic carbocycles. The van der Waals surface area contributed by atoms with Crippen molar-refractivity contribution < 1.29 is 0 Å². The van der Waals surface area contributed by atoms with E-state index in [1.54, 1.807) is 0 Å². The van der Waals surface area contributed by atoms with Gasteiger partial charge in [-0.1, -0.05) is 0 Å². The summed E-state index contributed by atoms with van der Waals surface area (Å²) in [6.45, 7) is 4.64. The van der Waals surface area contributed by atoms with E-state index in [1.165, 1.54) is 13.1 Å². The molecular weight excluding hydrogens is 241 g/mol. The molecule has 0 aliphatic carbocycles. The van der Waals surface area contributed by atoms with Crippen LogP contribution in [0.2, 0.25) is 0 Å². The van der Waals surface area contributed by atoms with E-state index in [4.69, 9.17) is 0 Å². The molecule has 2 bridgehead atoms. The molecule has 2 unspecified atom stereocenters. The highest BCUT2D eigenvalue weighted by molar-refractivity contribution is 14.1. The summed E-state index contributed by atoms with van der Waals surface area (Å²) in [6.07, 6.45) is 0. The fourth-order valence-corrected chi connectivity index (χ4v) is 2.62. The van der Waals surface area contributed by atoms with Crippen LogP contribution in [-0.2, 0) is 0 Å². The number of piperazine rings is 2. The predicted octanol–water partition coefficient (Wildman–Crippen LogP) is -0.418. The molecule has 2 atom stereocenters. The Morgan fingerprint density at radius 1 is 1.20 bits per heavy atom. The van der Waals surface area contributed by atoms with Crippen molar-refractivity contribution in [2.45, 2.75) is 12.1 Å². The van der Waals surface area contributed by atoms with E-state index < -0.39 is 0 Å². The van der Waals surface area contributed by atoms with Crippen molar-refractivity contribution in [2.75, 3.05) is 26.2 Å². The van der Waals surface area contributed by atoms with Crippen LogP contribution in [0.1, 0.15) is 0 Å². The molecule has 2 N–H and O–H groups in total. The summed E-state index contributed by atoms with van der Waals surface area (Å²) in [5.41, 5.74) is 0. The van der Waals surface area contributed by atoms with E-state index in [2.05, 4.69) is 36.6 Å². The highest BCUT2D eigenvalue weighted by Gasteiger charge is 2.27. The van der Waals surface area contributed by atoms with Crippen LogP contribution in [-0.4, -0.2) is 41.4 Å². The monoisotopic (exact) mass is 253 g/mol. The van der Waals surface area contributed by atoms with Crippen molar-refractivity contribution in [2.24, 2.45) is 0 Å². The van der Waals surface area contributed by atoms with E-state index in [0.717, 1.165) is 13.1 Å². The van der Waals surface area contributed by atoms with Crippen LogP contribution in [0.25, 0.3) is 0 Å². The Hall–Kier alpha value is 0.610. The lowest BCUT2D eigenvalue weighted by Gasteiger charge is -2.40. The SMILES string of the molecule is IN1CC2CNCC(C1)N2. The maximum atomic E-state index is 3.57.